The summed E-state index contributed by atoms with van der Waals surface area (Å²) in [5.41, 5.74) is 2.09. The van der Waals surface area contributed by atoms with Crippen LogP contribution in [0.5, 0.6) is 0 Å². The number of halogens is 2. The number of Topliss-reactive ketones (excluding diaryl/α,β-unsaturated/α-hetero) is 1. The Morgan fingerprint density at radius 3 is 2.24 bits per heavy atom. The zero-order valence-electron chi connectivity index (χ0n) is 12.4. The second-order valence-corrected chi connectivity index (χ2v) is 6.55. The maximum absolute atomic E-state index is 13.7. The van der Waals surface area contributed by atoms with E-state index >= 15 is 0 Å². The van der Waals surface area contributed by atoms with Crippen LogP contribution in [0.2, 0.25) is 5.02 Å². The molecule has 21 heavy (non-hydrogen) atoms. The van der Waals surface area contributed by atoms with E-state index in [4.69, 9.17) is 11.6 Å². The summed E-state index contributed by atoms with van der Waals surface area (Å²) in [6, 6.07) is 12.1. The lowest BCUT2D eigenvalue weighted by Gasteiger charge is -2.19. The Bertz CT molecular complexity index is 634. The van der Waals surface area contributed by atoms with Crippen molar-refractivity contribution in [3.8, 4) is 0 Å². The van der Waals surface area contributed by atoms with E-state index in [0.29, 0.717) is 0 Å². The molecule has 0 amide bonds. The molecule has 0 bridgehead atoms. The highest BCUT2D eigenvalue weighted by molar-refractivity contribution is 6.34. The Labute approximate surface area is 129 Å². The molecule has 2 aromatic carbocycles. The molecule has 1 nitrogen and oxygen atoms in total. The van der Waals surface area contributed by atoms with Gasteiger partial charge >= 0.3 is 0 Å². The first-order valence-electron chi connectivity index (χ1n) is 6.85. The standard InChI is InChI=1S/C18H18ClFO/c1-18(2,3)13-9-7-12(8-10-13)11-16(21)17-14(19)5-4-6-15(17)20/h4-10H,11H2,1-3H3. The quantitative estimate of drug-likeness (QED) is 0.712. The summed E-state index contributed by atoms with van der Waals surface area (Å²) in [4.78, 5) is 12.2. The molecule has 0 unspecified atom stereocenters. The molecule has 0 aliphatic carbocycles. The van der Waals surface area contributed by atoms with Gasteiger partial charge in [-0.2, -0.15) is 0 Å². The molecule has 0 aromatic heterocycles. The third-order valence-electron chi connectivity index (χ3n) is 3.43. The molecule has 2 rings (SSSR count). The monoisotopic (exact) mass is 304 g/mol. The minimum Gasteiger partial charge on any atom is -0.294 e. The lowest BCUT2D eigenvalue weighted by atomic mass is 9.86. The van der Waals surface area contributed by atoms with E-state index in [2.05, 4.69) is 20.8 Å². The third kappa shape index (κ3) is 3.70. The normalized spacial score (nSPS) is 11.5. The van der Waals surface area contributed by atoms with Crippen LogP contribution in [0.4, 0.5) is 4.39 Å². The minimum atomic E-state index is -0.571. The van der Waals surface area contributed by atoms with Crippen LogP contribution in [-0.2, 0) is 11.8 Å². The van der Waals surface area contributed by atoms with E-state index < -0.39 is 5.82 Å². The van der Waals surface area contributed by atoms with Crippen molar-refractivity contribution >= 4 is 17.4 Å². The van der Waals surface area contributed by atoms with Crippen molar-refractivity contribution in [2.75, 3.05) is 0 Å². The molecular formula is C18H18ClFO. The van der Waals surface area contributed by atoms with Gasteiger partial charge in [-0.1, -0.05) is 62.7 Å². The number of rotatable bonds is 3. The minimum absolute atomic E-state index is 0.0286. The van der Waals surface area contributed by atoms with Crippen molar-refractivity contribution in [2.24, 2.45) is 0 Å². The van der Waals surface area contributed by atoms with Crippen molar-refractivity contribution in [3.05, 3.63) is 70.0 Å². The van der Waals surface area contributed by atoms with Crippen LogP contribution < -0.4 is 0 Å². The Morgan fingerprint density at radius 1 is 1.10 bits per heavy atom. The van der Waals surface area contributed by atoms with Gasteiger partial charge in [-0.3, -0.25) is 4.79 Å². The molecule has 0 atom stereocenters. The molecule has 0 heterocycles. The smallest absolute Gasteiger partial charge is 0.171 e. The number of hydrogen-bond acceptors (Lipinski definition) is 1. The summed E-state index contributed by atoms with van der Waals surface area (Å²) in [6.07, 6.45) is 0.144. The molecule has 0 aliphatic rings. The zero-order chi connectivity index (χ0) is 15.6. The number of ketones is 1. The first-order valence-corrected chi connectivity index (χ1v) is 7.23. The van der Waals surface area contributed by atoms with E-state index in [1.54, 1.807) is 0 Å². The van der Waals surface area contributed by atoms with E-state index in [1.807, 2.05) is 24.3 Å². The molecule has 0 saturated carbocycles. The van der Waals surface area contributed by atoms with Gasteiger partial charge in [0.15, 0.2) is 5.78 Å². The maximum atomic E-state index is 13.7. The van der Waals surface area contributed by atoms with Crippen LogP contribution in [-0.4, -0.2) is 5.78 Å². The lowest BCUT2D eigenvalue weighted by molar-refractivity contribution is 0.0989. The Hall–Kier alpha value is -1.67. The average molecular weight is 305 g/mol. The molecule has 2 aromatic rings. The van der Waals surface area contributed by atoms with Crippen molar-refractivity contribution in [1.82, 2.24) is 0 Å². The largest absolute Gasteiger partial charge is 0.294 e. The summed E-state index contributed by atoms with van der Waals surface area (Å²) in [5.74, 6) is -0.875. The predicted octanol–water partition coefficient (Wildman–Crippen LogP) is 5.20. The molecule has 3 heteroatoms. The third-order valence-corrected chi connectivity index (χ3v) is 3.74. The molecule has 0 spiro atoms. The SMILES string of the molecule is CC(C)(C)c1ccc(CC(=O)c2c(F)cccc2Cl)cc1. The van der Waals surface area contributed by atoms with Gasteiger partial charge in [0.05, 0.1) is 10.6 Å². The Kier molecular flexibility index (Phi) is 4.48. The first kappa shape index (κ1) is 15.7. The summed E-state index contributed by atoms with van der Waals surface area (Å²) >= 11 is 5.91. The van der Waals surface area contributed by atoms with E-state index in [9.17, 15) is 9.18 Å². The van der Waals surface area contributed by atoms with Crippen molar-refractivity contribution in [2.45, 2.75) is 32.6 Å². The average Bonchev–Trinajstić information content (AvgIpc) is 2.38. The summed E-state index contributed by atoms with van der Waals surface area (Å²) in [5, 5.41) is 0.159. The highest BCUT2D eigenvalue weighted by Crippen LogP contribution is 2.24. The zero-order valence-corrected chi connectivity index (χ0v) is 13.2. The van der Waals surface area contributed by atoms with E-state index in [-0.39, 0.29) is 28.2 Å². The van der Waals surface area contributed by atoms with Crippen LogP contribution >= 0.6 is 11.6 Å². The molecule has 0 aliphatic heterocycles. The summed E-state index contributed by atoms with van der Waals surface area (Å²) in [7, 11) is 0. The Morgan fingerprint density at radius 2 is 1.71 bits per heavy atom. The Balaban J connectivity index is 2.21. The van der Waals surface area contributed by atoms with Crippen molar-refractivity contribution in [1.29, 1.82) is 0 Å². The summed E-state index contributed by atoms with van der Waals surface area (Å²) < 4.78 is 13.7. The molecule has 0 N–H and O–H groups in total. The molecule has 0 radical (unpaired) electrons. The lowest BCUT2D eigenvalue weighted by Crippen LogP contribution is -2.11. The van der Waals surface area contributed by atoms with Gasteiger partial charge in [0.2, 0.25) is 0 Å². The van der Waals surface area contributed by atoms with Gasteiger partial charge in [0, 0.05) is 6.42 Å². The maximum Gasteiger partial charge on any atom is 0.171 e. The number of benzene rings is 2. The highest BCUT2D eigenvalue weighted by Gasteiger charge is 2.17. The van der Waals surface area contributed by atoms with Crippen molar-refractivity contribution in [3.63, 3.8) is 0 Å². The van der Waals surface area contributed by atoms with Gasteiger partial charge in [-0.15, -0.1) is 0 Å². The number of carbonyl (C=O) groups is 1. The van der Waals surface area contributed by atoms with E-state index in [0.717, 1.165) is 5.56 Å². The second kappa shape index (κ2) is 5.98. The fourth-order valence-electron chi connectivity index (χ4n) is 2.16. The van der Waals surface area contributed by atoms with Gasteiger partial charge in [-0.05, 0) is 28.7 Å². The van der Waals surface area contributed by atoms with Crippen LogP contribution in [0.15, 0.2) is 42.5 Å². The molecular weight excluding hydrogens is 287 g/mol. The number of carbonyl (C=O) groups excluding carboxylic acids is 1. The van der Waals surface area contributed by atoms with Gasteiger partial charge in [-0.25, -0.2) is 4.39 Å². The number of hydrogen-bond donors (Lipinski definition) is 0. The van der Waals surface area contributed by atoms with E-state index in [1.165, 1.54) is 23.8 Å². The molecule has 110 valence electrons. The van der Waals surface area contributed by atoms with Gasteiger partial charge in [0.1, 0.15) is 5.82 Å². The van der Waals surface area contributed by atoms with Gasteiger partial charge < -0.3 is 0 Å². The van der Waals surface area contributed by atoms with Crippen LogP contribution in [0.25, 0.3) is 0 Å². The molecule has 0 saturated heterocycles. The van der Waals surface area contributed by atoms with Crippen LogP contribution in [0, 0.1) is 5.82 Å². The van der Waals surface area contributed by atoms with Crippen LogP contribution in [0.3, 0.4) is 0 Å². The van der Waals surface area contributed by atoms with Gasteiger partial charge in [0.25, 0.3) is 0 Å². The highest BCUT2D eigenvalue weighted by atomic mass is 35.5. The summed E-state index contributed by atoms with van der Waals surface area (Å²) in [6.45, 7) is 6.39. The first-order chi connectivity index (χ1) is 9.79. The fourth-order valence-corrected chi connectivity index (χ4v) is 2.43. The topological polar surface area (TPSA) is 17.1 Å². The predicted molar refractivity (Wildman–Crippen MR) is 84.6 cm³/mol. The van der Waals surface area contributed by atoms with Crippen molar-refractivity contribution < 1.29 is 9.18 Å². The van der Waals surface area contributed by atoms with Crippen LogP contribution in [0.1, 0.15) is 42.3 Å². The fraction of sp³-hybridized carbons (Fsp3) is 0.278. The molecule has 0 fully saturated rings. The second-order valence-electron chi connectivity index (χ2n) is 6.14.